The number of alkyl halides is 3. The summed E-state index contributed by atoms with van der Waals surface area (Å²) in [5, 5.41) is 0. The molecule has 1 rings (SSSR count). The molecule has 72 valence electrons. The number of rotatable bonds is 0. The molecule has 0 aliphatic carbocycles. The van der Waals surface area contributed by atoms with E-state index < -0.39 is 11.7 Å². The number of hydrogen-bond acceptors (Lipinski definition) is 2. The maximum absolute atomic E-state index is 12.3. The standard InChI is InChI=1S/C7H6F3IN2/c8-7(9,10)3-1-2-4(12)6(13)5(3)11/h1-2H,12-13H2. The van der Waals surface area contributed by atoms with Crippen LogP contribution in [0.15, 0.2) is 12.1 Å². The molecule has 0 radical (unpaired) electrons. The summed E-state index contributed by atoms with van der Waals surface area (Å²) in [5.41, 5.74) is 10.1. The van der Waals surface area contributed by atoms with Crippen molar-refractivity contribution in [1.82, 2.24) is 0 Å². The minimum Gasteiger partial charge on any atom is -0.397 e. The van der Waals surface area contributed by atoms with Gasteiger partial charge in [0.05, 0.1) is 20.5 Å². The van der Waals surface area contributed by atoms with Crippen LogP contribution >= 0.6 is 22.6 Å². The third-order valence-electron chi connectivity index (χ3n) is 1.52. The topological polar surface area (TPSA) is 52.0 Å². The van der Waals surface area contributed by atoms with Crippen molar-refractivity contribution < 1.29 is 13.2 Å². The second-order valence-electron chi connectivity index (χ2n) is 2.43. The van der Waals surface area contributed by atoms with E-state index in [1.807, 2.05) is 0 Å². The van der Waals surface area contributed by atoms with Crippen molar-refractivity contribution in [2.75, 3.05) is 11.5 Å². The third kappa shape index (κ3) is 1.98. The molecule has 4 N–H and O–H groups in total. The zero-order valence-corrected chi connectivity index (χ0v) is 8.48. The molecular formula is C7H6F3IN2. The van der Waals surface area contributed by atoms with Crippen LogP contribution in [-0.4, -0.2) is 0 Å². The fourth-order valence-electron chi connectivity index (χ4n) is 0.827. The molecule has 1 aromatic rings. The predicted molar refractivity (Wildman–Crippen MR) is 53.0 cm³/mol. The second kappa shape index (κ2) is 3.24. The van der Waals surface area contributed by atoms with E-state index in [1.54, 1.807) is 0 Å². The summed E-state index contributed by atoms with van der Waals surface area (Å²) in [6.07, 6.45) is -4.38. The Morgan fingerprint density at radius 3 is 2.15 bits per heavy atom. The first-order valence-electron chi connectivity index (χ1n) is 3.24. The zero-order chi connectivity index (χ0) is 10.2. The largest absolute Gasteiger partial charge is 0.417 e. The van der Waals surface area contributed by atoms with Crippen LogP contribution in [0.2, 0.25) is 0 Å². The molecule has 0 aromatic heterocycles. The molecule has 0 heterocycles. The Morgan fingerprint density at radius 2 is 1.69 bits per heavy atom. The van der Waals surface area contributed by atoms with E-state index in [4.69, 9.17) is 11.5 Å². The van der Waals surface area contributed by atoms with Crippen LogP contribution in [0.3, 0.4) is 0 Å². The number of nitrogens with two attached hydrogens (primary N) is 2. The average molecular weight is 302 g/mol. The molecule has 2 nitrogen and oxygen atoms in total. The van der Waals surface area contributed by atoms with Gasteiger partial charge in [0.2, 0.25) is 0 Å². The fraction of sp³-hybridized carbons (Fsp3) is 0.143. The number of hydrogen-bond donors (Lipinski definition) is 2. The second-order valence-corrected chi connectivity index (χ2v) is 3.51. The minimum atomic E-state index is -4.38. The Balaban J connectivity index is 3.35. The van der Waals surface area contributed by atoms with Crippen molar-refractivity contribution in [3.63, 3.8) is 0 Å². The number of anilines is 2. The molecule has 0 bridgehead atoms. The van der Waals surface area contributed by atoms with Crippen LogP contribution in [0.5, 0.6) is 0 Å². The van der Waals surface area contributed by atoms with Crippen molar-refractivity contribution in [1.29, 1.82) is 0 Å². The SMILES string of the molecule is Nc1ccc(C(F)(F)F)c(I)c1N. The van der Waals surface area contributed by atoms with Gasteiger partial charge in [-0.2, -0.15) is 13.2 Å². The van der Waals surface area contributed by atoms with E-state index >= 15 is 0 Å². The van der Waals surface area contributed by atoms with Gasteiger partial charge in [-0.3, -0.25) is 0 Å². The molecule has 6 heteroatoms. The van der Waals surface area contributed by atoms with E-state index in [1.165, 1.54) is 22.6 Å². The van der Waals surface area contributed by atoms with Gasteiger partial charge in [-0.15, -0.1) is 0 Å². The maximum atomic E-state index is 12.3. The van der Waals surface area contributed by atoms with Crippen LogP contribution in [0, 0.1) is 3.57 Å². The number of benzene rings is 1. The molecule has 0 aliphatic rings. The van der Waals surface area contributed by atoms with Crippen LogP contribution in [-0.2, 0) is 6.18 Å². The van der Waals surface area contributed by atoms with Gasteiger partial charge in [-0.05, 0) is 34.7 Å². The quantitative estimate of drug-likeness (QED) is 0.571. The molecule has 0 saturated heterocycles. The highest BCUT2D eigenvalue weighted by Gasteiger charge is 2.33. The Morgan fingerprint density at radius 1 is 1.15 bits per heavy atom. The van der Waals surface area contributed by atoms with Crippen LogP contribution < -0.4 is 11.5 Å². The van der Waals surface area contributed by atoms with Crippen molar-refractivity contribution in [3.8, 4) is 0 Å². The number of nitrogen functional groups attached to an aromatic ring is 2. The first-order chi connectivity index (χ1) is 5.84. The summed E-state index contributed by atoms with van der Waals surface area (Å²) in [4.78, 5) is 0. The first kappa shape index (κ1) is 10.4. The molecule has 0 unspecified atom stereocenters. The highest BCUT2D eigenvalue weighted by molar-refractivity contribution is 14.1. The fourth-order valence-corrected chi connectivity index (χ4v) is 1.62. The average Bonchev–Trinajstić information content (AvgIpc) is 1.98. The van der Waals surface area contributed by atoms with Gasteiger partial charge in [-0.25, -0.2) is 0 Å². The normalized spacial score (nSPS) is 11.7. The molecule has 0 amide bonds. The van der Waals surface area contributed by atoms with Gasteiger partial charge < -0.3 is 11.5 Å². The lowest BCUT2D eigenvalue weighted by Gasteiger charge is -2.11. The molecule has 0 aliphatic heterocycles. The van der Waals surface area contributed by atoms with E-state index in [9.17, 15) is 13.2 Å². The summed E-state index contributed by atoms with van der Waals surface area (Å²) >= 11 is 1.53. The maximum Gasteiger partial charge on any atom is 0.417 e. The van der Waals surface area contributed by atoms with Gasteiger partial charge in [0.1, 0.15) is 0 Å². The summed E-state index contributed by atoms with van der Waals surface area (Å²) in [7, 11) is 0. The van der Waals surface area contributed by atoms with Crippen molar-refractivity contribution >= 4 is 34.0 Å². The van der Waals surface area contributed by atoms with Gasteiger partial charge in [-0.1, -0.05) is 0 Å². The van der Waals surface area contributed by atoms with Crippen LogP contribution in [0.4, 0.5) is 24.5 Å². The molecule has 0 fully saturated rings. The van der Waals surface area contributed by atoms with Crippen LogP contribution in [0.25, 0.3) is 0 Å². The monoisotopic (exact) mass is 302 g/mol. The number of halogens is 4. The zero-order valence-electron chi connectivity index (χ0n) is 6.32. The van der Waals surface area contributed by atoms with Crippen molar-refractivity contribution in [2.45, 2.75) is 6.18 Å². The smallest absolute Gasteiger partial charge is 0.397 e. The van der Waals surface area contributed by atoms with E-state index in [0.717, 1.165) is 12.1 Å². The van der Waals surface area contributed by atoms with Crippen LogP contribution in [0.1, 0.15) is 5.56 Å². The lowest BCUT2D eigenvalue weighted by Crippen LogP contribution is -2.10. The van der Waals surface area contributed by atoms with Gasteiger partial charge in [0, 0.05) is 0 Å². The van der Waals surface area contributed by atoms with Gasteiger partial charge in [0.15, 0.2) is 0 Å². The Labute approximate surface area is 86.2 Å². The van der Waals surface area contributed by atoms with Crippen molar-refractivity contribution in [2.24, 2.45) is 0 Å². The summed E-state index contributed by atoms with van der Waals surface area (Å²) < 4.78 is 36.7. The third-order valence-corrected chi connectivity index (χ3v) is 2.68. The highest BCUT2D eigenvalue weighted by Crippen LogP contribution is 2.36. The predicted octanol–water partition coefficient (Wildman–Crippen LogP) is 2.47. The Kier molecular flexibility index (Phi) is 2.60. The molecule has 1 aromatic carbocycles. The van der Waals surface area contributed by atoms with E-state index in [0.29, 0.717) is 0 Å². The van der Waals surface area contributed by atoms with Gasteiger partial charge in [0.25, 0.3) is 0 Å². The highest BCUT2D eigenvalue weighted by atomic mass is 127. The van der Waals surface area contributed by atoms with Gasteiger partial charge >= 0.3 is 6.18 Å². The lowest BCUT2D eigenvalue weighted by atomic mass is 10.2. The van der Waals surface area contributed by atoms with Crippen molar-refractivity contribution in [3.05, 3.63) is 21.3 Å². The summed E-state index contributed by atoms with van der Waals surface area (Å²) in [6.45, 7) is 0. The van der Waals surface area contributed by atoms with E-state index in [2.05, 4.69) is 0 Å². The molecule has 0 atom stereocenters. The molecule has 0 saturated carbocycles. The first-order valence-corrected chi connectivity index (χ1v) is 4.32. The Hall–Kier alpha value is -0.660. The molecular weight excluding hydrogens is 296 g/mol. The summed E-state index contributed by atoms with van der Waals surface area (Å²) in [5.74, 6) is 0. The van der Waals surface area contributed by atoms with E-state index in [-0.39, 0.29) is 14.9 Å². The molecule has 13 heavy (non-hydrogen) atoms. The summed E-state index contributed by atoms with van der Waals surface area (Å²) in [6, 6.07) is 2.08. The molecule has 0 spiro atoms. The lowest BCUT2D eigenvalue weighted by molar-refractivity contribution is -0.138. The Bertz CT molecular complexity index is 335. The minimum absolute atomic E-state index is 0.0181.